The zero-order valence-corrected chi connectivity index (χ0v) is 16.2. The molecule has 1 heterocycles. The van der Waals surface area contributed by atoms with E-state index in [1.165, 1.54) is 0 Å². The van der Waals surface area contributed by atoms with Gasteiger partial charge in [-0.15, -0.1) is 0 Å². The summed E-state index contributed by atoms with van der Waals surface area (Å²) in [7, 11) is -0.995. The van der Waals surface area contributed by atoms with Crippen molar-refractivity contribution in [3.63, 3.8) is 0 Å². The standard InChI is InChI=1S/C20H32BN3O3/c1-14-4-2-5-16-13-18(21(26)27-20(14)16)24-19(25)12-15-6-8-17(9-7-15)23-11-3-10-22/h2,4-5,15,17-18,23,26H,3,6-13,22H2,1H3,(H,24,25)/t15-,17-,18-/m0/s1. The van der Waals surface area contributed by atoms with Gasteiger partial charge >= 0.3 is 7.12 Å². The van der Waals surface area contributed by atoms with Crippen molar-refractivity contribution in [1.29, 1.82) is 0 Å². The summed E-state index contributed by atoms with van der Waals surface area (Å²) in [5.74, 6) is 0.795. The number of benzene rings is 1. The van der Waals surface area contributed by atoms with Crippen molar-refractivity contribution in [3.05, 3.63) is 29.3 Å². The van der Waals surface area contributed by atoms with Crippen LogP contribution in [0.1, 0.15) is 49.7 Å². The third-order valence-corrected chi connectivity index (χ3v) is 5.80. The summed E-state index contributed by atoms with van der Waals surface area (Å²) in [5, 5.41) is 16.8. The van der Waals surface area contributed by atoms with Crippen LogP contribution in [0, 0.1) is 12.8 Å². The lowest BCUT2D eigenvalue weighted by atomic mass is 9.72. The first-order valence-corrected chi connectivity index (χ1v) is 10.2. The Morgan fingerprint density at radius 1 is 1.33 bits per heavy atom. The third-order valence-electron chi connectivity index (χ3n) is 5.80. The fourth-order valence-electron chi connectivity index (χ4n) is 4.21. The number of nitrogens with two attached hydrogens (primary N) is 1. The van der Waals surface area contributed by atoms with E-state index >= 15 is 0 Å². The SMILES string of the molecule is Cc1cccc2c1OB(O)[C@@H](NC(=O)C[C@H]1CC[C@H](NCCCN)CC1)C2. The van der Waals surface area contributed by atoms with Crippen LogP contribution in [0.2, 0.25) is 0 Å². The van der Waals surface area contributed by atoms with Gasteiger partial charge in [0.25, 0.3) is 0 Å². The minimum absolute atomic E-state index is 0.0123. The highest BCUT2D eigenvalue weighted by molar-refractivity contribution is 6.46. The minimum atomic E-state index is -0.995. The topological polar surface area (TPSA) is 96.6 Å². The molecule has 1 aliphatic heterocycles. The average molecular weight is 373 g/mol. The molecule has 0 aromatic heterocycles. The largest absolute Gasteiger partial charge is 0.547 e. The maximum atomic E-state index is 12.5. The number of nitrogens with one attached hydrogen (secondary N) is 2. The van der Waals surface area contributed by atoms with Crippen molar-refractivity contribution in [2.24, 2.45) is 11.7 Å². The van der Waals surface area contributed by atoms with E-state index in [4.69, 9.17) is 10.4 Å². The predicted molar refractivity (Wildman–Crippen MR) is 107 cm³/mol. The molecule has 0 spiro atoms. The summed E-state index contributed by atoms with van der Waals surface area (Å²) < 4.78 is 5.65. The molecule has 148 valence electrons. The smallest absolute Gasteiger partial charge is 0.534 e. The Balaban J connectivity index is 1.43. The molecule has 3 rings (SSSR count). The first-order chi connectivity index (χ1) is 13.1. The number of rotatable bonds is 7. The Kier molecular flexibility index (Phi) is 7.16. The maximum Gasteiger partial charge on any atom is 0.547 e. The number of aryl methyl sites for hydroxylation is 1. The van der Waals surface area contributed by atoms with Gasteiger partial charge in [0.1, 0.15) is 5.75 Å². The van der Waals surface area contributed by atoms with Crippen molar-refractivity contribution in [1.82, 2.24) is 10.6 Å². The molecule has 1 atom stereocenters. The molecular formula is C20H32BN3O3. The van der Waals surface area contributed by atoms with E-state index in [9.17, 15) is 9.82 Å². The molecule has 1 aromatic carbocycles. The Bertz CT molecular complexity index is 635. The van der Waals surface area contributed by atoms with Gasteiger partial charge in [-0.2, -0.15) is 0 Å². The fourth-order valence-corrected chi connectivity index (χ4v) is 4.21. The van der Waals surface area contributed by atoms with Crippen LogP contribution < -0.4 is 21.0 Å². The first kappa shape index (κ1) is 20.2. The quantitative estimate of drug-likeness (QED) is 0.427. The van der Waals surface area contributed by atoms with E-state index in [0.29, 0.717) is 24.8 Å². The molecule has 1 amide bonds. The highest BCUT2D eigenvalue weighted by Gasteiger charge is 2.36. The Labute approximate surface area is 162 Å². The summed E-state index contributed by atoms with van der Waals surface area (Å²) in [6.07, 6.45) is 6.51. The van der Waals surface area contributed by atoms with Gasteiger partial charge in [0, 0.05) is 12.5 Å². The molecule has 0 bridgehead atoms. The number of carbonyl (C=O) groups excluding carboxylic acids is 1. The van der Waals surface area contributed by atoms with Crippen LogP contribution in [0.3, 0.4) is 0 Å². The van der Waals surface area contributed by atoms with Gasteiger partial charge in [0.05, 0.1) is 5.94 Å². The van der Waals surface area contributed by atoms with Gasteiger partial charge in [-0.05, 0) is 75.6 Å². The summed E-state index contributed by atoms with van der Waals surface area (Å²) in [6, 6.07) is 6.50. The molecule has 0 unspecified atom stereocenters. The van der Waals surface area contributed by atoms with Gasteiger partial charge in [0.2, 0.25) is 5.91 Å². The van der Waals surface area contributed by atoms with Gasteiger partial charge < -0.3 is 26.0 Å². The van der Waals surface area contributed by atoms with Crippen molar-refractivity contribution < 1.29 is 14.5 Å². The molecule has 2 aliphatic rings. The number of carbonyl (C=O) groups is 1. The van der Waals surface area contributed by atoms with Crippen LogP contribution in [-0.4, -0.2) is 43.1 Å². The molecule has 0 saturated heterocycles. The Morgan fingerprint density at radius 2 is 2.11 bits per heavy atom. The lowest BCUT2D eigenvalue weighted by Gasteiger charge is -2.31. The van der Waals surface area contributed by atoms with E-state index in [0.717, 1.165) is 62.1 Å². The van der Waals surface area contributed by atoms with E-state index in [-0.39, 0.29) is 11.8 Å². The zero-order chi connectivity index (χ0) is 19.2. The highest BCUT2D eigenvalue weighted by Crippen LogP contribution is 2.30. The van der Waals surface area contributed by atoms with Crippen LogP contribution in [0.15, 0.2) is 18.2 Å². The Hall–Kier alpha value is -1.57. The summed E-state index contributed by atoms with van der Waals surface area (Å²) in [6.45, 7) is 3.67. The van der Waals surface area contributed by atoms with Crippen molar-refractivity contribution in [2.45, 2.75) is 63.9 Å². The van der Waals surface area contributed by atoms with Gasteiger partial charge in [-0.1, -0.05) is 18.2 Å². The number of para-hydroxylation sites is 1. The molecular weight excluding hydrogens is 341 g/mol. The number of hydrogen-bond donors (Lipinski definition) is 4. The summed E-state index contributed by atoms with van der Waals surface area (Å²) in [4.78, 5) is 12.5. The van der Waals surface area contributed by atoms with Crippen LogP contribution in [0.4, 0.5) is 0 Å². The first-order valence-electron chi connectivity index (χ1n) is 10.2. The second kappa shape index (κ2) is 9.58. The van der Waals surface area contributed by atoms with E-state index in [1.807, 2.05) is 25.1 Å². The zero-order valence-electron chi connectivity index (χ0n) is 16.2. The van der Waals surface area contributed by atoms with Gasteiger partial charge in [-0.25, -0.2) is 0 Å². The number of hydrogen-bond acceptors (Lipinski definition) is 5. The summed E-state index contributed by atoms with van der Waals surface area (Å²) >= 11 is 0. The minimum Gasteiger partial charge on any atom is -0.534 e. The second-order valence-electron chi connectivity index (χ2n) is 7.97. The Morgan fingerprint density at radius 3 is 2.85 bits per heavy atom. The molecule has 27 heavy (non-hydrogen) atoms. The molecule has 1 aromatic rings. The molecule has 1 saturated carbocycles. The van der Waals surface area contributed by atoms with Crippen LogP contribution in [0.25, 0.3) is 0 Å². The molecule has 0 radical (unpaired) electrons. The van der Waals surface area contributed by atoms with E-state index in [2.05, 4.69) is 10.6 Å². The molecule has 5 N–H and O–H groups in total. The highest BCUT2D eigenvalue weighted by atomic mass is 16.5. The maximum absolute atomic E-state index is 12.5. The van der Waals surface area contributed by atoms with Crippen molar-refractivity contribution in [3.8, 4) is 5.75 Å². The number of amides is 1. The second-order valence-corrected chi connectivity index (χ2v) is 7.97. The average Bonchev–Trinajstić information content (AvgIpc) is 2.65. The van der Waals surface area contributed by atoms with Crippen molar-refractivity contribution in [2.75, 3.05) is 13.1 Å². The predicted octanol–water partition coefficient (Wildman–Crippen LogP) is 1.32. The molecule has 1 aliphatic carbocycles. The lowest BCUT2D eigenvalue weighted by Crippen LogP contribution is -2.53. The van der Waals surface area contributed by atoms with Crippen LogP contribution in [-0.2, 0) is 11.2 Å². The third kappa shape index (κ3) is 5.47. The molecule has 6 nitrogen and oxygen atoms in total. The monoisotopic (exact) mass is 373 g/mol. The van der Waals surface area contributed by atoms with Gasteiger partial charge in [0.15, 0.2) is 0 Å². The van der Waals surface area contributed by atoms with Crippen LogP contribution in [0.5, 0.6) is 5.75 Å². The normalized spacial score (nSPS) is 24.9. The lowest BCUT2D eigenvalue weighted by molar-refractivity contribution is -0.122. The molecule has 7 heteroatoms. The fraction of sp³-hybridized carbons (Fsp3) is 0.650. The van der Waals surface area contributed by atoms with Crippen LogP contribution >= 0.6 is 0 Å². The molecule has 1 fully saturated rings. The summed E-state index contributed by atoms with van der Waals surface area (Å²) in [5.41, 5.74) is 7.57. The van der Waals surface area contributed by atoms with E-state index < -0.39 is 7.12 Å². The van der Waals surface area contributed by atoms with E-state index in [1.54, 1.807) is 0 Å². The van der Waals surface area contributed by atoms with Gasteiger partial charge in [-0.3, -0.25) is 4.79 Å². The number of fused-ring (bicyclic) bond motifs is 1. The van der Waals surface area contributed by atoms with Crippen molar-refractivity contribution >= 4 is 13.0 Å².